The molecule has 0 heterocycles. The summed E-state index contributed by atoms with van der Waals surface area (Å²) in [7, 11) is 0. The van der Waals surface area contributed by atoms with Gasteiger partial charge in [-0.15, -0.1) is 0 Å². The van der Waals surface area contributed by atoms with E-state index in [2.05, 4.69) is 0 Å². The Labute approximate surface area is 168 Å². The first-order chi connectivity index (χ1) is 14.2. The van der Waals surface area contributed by atoms with Crippen molar-refractivity contribution in [2.24, 2.45) is 0 Å². The Morgan fingerprint density at radius 3 is 2.21 bits per heavy atom. The van der Waals surface area contributed by atoms with Gasteiger partial charge in [0.05, 0.1) is 12.2 Å². The van der Waals surface area contributed by atoms with E-state index in [1.165, 1.54) is 0 Å². The summed E-state index contributed by atoms with van der Waals surface area (Å²) in [5, 5.41) is 21.3. The van der Waals surface area contributed by atoms with Crippen LogP contribution in [0.2, 0.25) is 0 Å². The summed E-state index contributed by atoms with van der Waals surface area (Å²) in [5.41, 5.74) is 3.16. The molecule has 0 unspecified atom stereocenters. The number of carboxylic acids is 1. The van der Waals surface area contributed by atoms with Crippen LogP contribution in [-0.4, -0.2) is 16.2 Å². The Balaban J connectivity index is 1.83. The van der Waals surface area contributed by atoms with Gasteiger partial charge < -0.3 is 14.9 Å². The molecular formula is C25H20O4. The maximum atomic E-state index is 11.9. The molecule has 29 heavy (non-hydrogen) atoms. The summed E-state index contributed by atoms with van der Waals surface area (Å²) in [5.74, 6) is -0.405. The van der Waals surface area contributed by atoms with Crippen molar-refractivity contribution in [2.45, 2.75) is 13.2 Å². The molecule has 0 aromatic heterocycles. The normalized spacial score (nSPS) is 10.8. The lowest BCUT2D eigenvalue weighted by atomic mass is 9.90. The summed E-state index contributed by atoms with van der Waals surface area (Å²) in [6.07, 6.45) is 0. The number of hydrogen-bond acceptors (Lipinski definition) is 3. The zero-order chi connectivity index (χ0) is 20.2. The van der Waals surface area contributed by atoms with Gasteiger partial charge in [-0.1, -0.05) is 66.7 Å². The molecule has 4 rings (SSSR count). The molecule has 4 nitrogen and oxygen atoms in total. The molecule has 2 N–H and O–H groups in total. The van der Waals surface area contributed by atoms with Gasteiger partial charge in [0.25, 0.3) is 0 Å². The van der Waals surface area contributed by atoms with E-state index in [-0.39, 0.29) is 12.2 Å². The second-order valence-corrected chi connectivity index (χ2v) is 6.76. The molecule has 0 bridgehead atoms. The number of carboxylic acid groups (broad SMARTS) is 1. The number of carbonyl (C=O) groups is 1. The average Bonchev–Trinajstić information content (AvgIpc) is 2.77. The fraction of sp³-hybridized carbons (Fsp3) is 0.0800. The SMILES string of the molecule is O=C(O)c1cc2cc(OCc3ccccc3)ccc2c(-c2ccccc2)c1CO. The zero-order valence-electron chi connectivity index (χ0n) is 15.7. The van der Waals surface area contributed by atoms with Crippen molar-refractivity contribution in [2.75, 3.05) is 0 Å². The minimum absolute atomic E-state index is 0.0964. The molecule has 0 radical (unpaired) electrons. The molecule has 0 aliphatic rings. The number of ether oxygens (including phenoxy) is 1. The Bertz CT molecular complexity index is 1150. The highest BCUT2D eigenvalue weighted by Gasteiger charge is 2.19. The van der Waals surface area contributed by atoms with Crippen molar-refractivity contribution in [3.05, 3.63) is 102 Å². The van der Waals surface area contributed by atoms with E-state index in [4.69, 9.17) is 4.74 Å². The molecule has 0 spiro atoms. The van der Waals surface area contributed by atoms with Crippen LogP contribution in [0.15, 0.2) is 84.9 Å². The summed E-state index contributed by atoms with van der Waals surface area (Å²) in [6, 6.07) is 26.6. The van der Waals surface area contributed by atoms with Crippen LogP contribution in [0.3, 0.4) is 0 Å². The van der Waals surface area contributed by atoms with Crippen molar-refractivity contribution in [3.8, 4) is 16.9 Å². The summed E-state index contributed by atoms with van der Waals surface area (Å²) in [6.45, 7) is 0.0759. The van der Waals surface area contributed by atoms with Gasteiger partial charge in [-0.05, 0) is 45.7 Å². The van der Waals surface area contributed by atoms with Crippen LogP contribution in [0.4, 0.5) is 0 Å². The van der Waals surface area contributed by atoms with Gasteiger partial charge in [0, 0.05) is 5.56 Å². The van der Waals surface area contributed by atoms with Crippen molar-refractivity contribution in [1.82, 2.24) is 0 Å². The fourth-order valence-electron chi connectivity index (χ4n) is 3.55. The highest BCUT2D eigenvalue weighted by molar-refractivity contribution is 6.05. The van der Waals surface area contributed by atoms with Crippen LogP contribution >= 0.6 is 0 Å². The third kappa shape index (κ3) is 3.84. The summed E-state index contributed by atoms with van der Waals surface area (Å²) in [4.78, 5) is 11.9. The minimum Gasteiger partial charge on any atom is -0.489 e. The first-order valence-corrected chi connectivity index (χ1v) is 9.33. The number of aromatic carboxylic acids is 1. The van der Waals surface area contributed by atoms with Gasteiger partial charge in [0.1, 0.15) is 12.4 Å². The predicted molar refractivity (Wildman–Crippen MR) is 113 cm³/mol. The Hall–Kier alpha value is -3.63. The van der Waals surface area contributed by atoms with Gasteiger partial charge in [-0.3, -0.25) is 0 Å². The molecule has 4 aromatic rings. The van der Waals surface area contributed by atoms with Crippen LogP contribution < -0.4 is 4.74 Å². The topological polar surface area (TPSA) is 66.8 Å². The third-order valence-corrected chi connectivity index (χ3v) is 4.92. The Morgan fingerprint density at radius 1 is 0.862 bits per heavy atom. The van der Waals surface area contributed by atoms with Gasteiger partial charge in [0.15, 0.2) is 0 Å². The van der Waals surface area contributed by atoms with E-state index in [1.807, 2.05) is 78.9 Å². The van der Waals surface area contributed by atoms with Crippen LogP contribution in [-0.2, 0) is 13.2 Å². The molecule has 0 amide bonds. The monoisotopic (exact) mass is 384 g/mol. The van der Waals surface area contributed by atoms with Gasteiger partial charge in [-0.25, -0.2) is 4.79 Å². The molecular weight excluding hydrogens is 364 g/mol. The largest absolute Gasteiger partial charge is 0.489 e. The van der Waals surface area contributed by atoms with Crippen LogP contribution in [0.1, 0.15) is 21.5 Å². The van der Waals surface area contributed by atoms with E-state index in [1.54, 1.807) is 6.07 Å². The molecule has 0 fully saturated rings. The molecule has 4 heteroatoms. The smallest absolute Gasteiger partial charge is 0.336 e. The maximum Gasteiger partial charge on any atom is 0.336 e. The van der Waals surface area contributed by atoms with Crippen molar-refractivity contribution >= 4 is 16.7 Å². The number of rotatable bonds is 6. The highest BCUT2D eigenvalue weighted by atomic mass is 16.5. The van der Waals surface area contributed by atoms with E-state index in [0.717, 1.165) is 27.5 Å². The lowest BCUT2D eigenvalue weighted by Crippen LogP contribution is -2.05. The fourth-order valence-corrected chi connectivity index (χ4v) is 3.55. The number of fused-ring (bicyclic) bond motifs is 1. The van der Waals surface area contributed by atoms with Crippen molar-refractivity contribution < 1.29 is 19.7 Å². The summed E-state index contributed by atoms with van der Waals surface area (Å²) >= 11 is 0. The highest BCUT2D eigenvalue weighted by Crippen LogP contribution is 2.36. The quantitative estimate of drug-likeness (QED) is 0.475. The first-order valence-electron chi connectivity index (χ1n) is 9.33. The maximum absolute atomic E-state index is 11.9. The molecule has 0 saturated heterocycles. The van der Waals surface area contributed by atoms with Gasteiger partial charge >= 0.3 is 5.97 Å². The van der Waals surface area contributed by atoms with Crippen LogP contribution in [0.25, 0.3) is 21.9 Å². The van der Waals surface area contributed by atoms with Crippen LogP contribution in [0, 0.1) is 0 Å². The third-order valence-electron chi connectivity index (χ3n) is 4.92. The lowest BCUT2D eigenvalue weighted by Gasteiger charge is -2.16. The van der Waals surface area contributed by atoms with Crippen molar-refractivity contribution in [1.29, 1.82) is 0 Å². The standard InChI is InChI=1S/C25H20O4/c26-15-23-22(25(27)28)14-19-13-20(29-16-17-7-3-1-4-8-17)11-12-21(19)24(23)18-9-5-2-6-10-18/h1-14,26H,15-16H2,(H,27,28). The predicted octanol–water partition coefficient (Wildman–Crippen LogP) is 5.28. The van der Waals surface area contributed by atoms with Gasteiger partial charge in [0.2, 0.25) is 0 Å². The van der Waals surface area contributed by atoms with Gasteiger partial charge in [-0.2, -0.15) is 0 Å². The Kier molecular flexibility index (Phi) is 5.27. The Morgan fingerprint density at radius 2 is 1.55 bits per heavy atom. The zero-order valence-corrected chi connectivity index (χ0v) is 15.7. The first kappa shape index (κ1) is 18.7. The number of hydrogen-bond donors (Lipinski definition) is 2. The second-order valence-electron chi connectivity index (χ2n) is 6.76. The average molecular weight is 384 g/mol. The number of aliphatic hydroxyl groups is 1. The lowest BCUT2D eigenvalue weighted by molar-refractivity contribution is 0.0693. The van der Waals surface area contributed by atoms with E-state index in [9.17, 15) is 15.0 Å². The minimum atomic E-state index is -1.07. The number of aliphatic hydroxyl groups excluding tert-OH is 1. The van der Waals surface area contributed by atoms with E-state index >= 15 is 0 Å². The molecule has 0 aliphatic carbocycles. The molecule has 0 atom stereocenters. The summed E-state index contributed by atoms with van der Waals surface area (Å²) < 4.78 is 5.91. The molecule has 0 saturated carbocycles. The van der Waals surface area contributed by atoms with E-state index < -0.39 is 5.97 Å². The second kappa shape index (κ2) is 8.17. The molecule has 4 aromatic carbocycles. The number of benzene rings is 4. The molecule has 0 aliphatic heterocycles. The van der Waals surface area contributed by atoms with Crippen molar-refractivity contribution in [3.63, 3.8) is 0 Å². The van der Waals surface area contributed by atoms with Crippen LogP contribution in [0.5, 0.6) is 5.75 Å². The molecule has 144 valence electrons. The van der Waals surface area contributed by atoms with E-state index in [0.29, 0.717) is 17.9 Å².